The monoisotopic (exact) mass is 319 g/mol. The third kappa shape index (κ3) is 2.74. The van der Waals surface area contributed by atoms with E-state index in [1.54, 1.807) is 6.20 Å². The van der Waals surface area contributed by atoms with Crippen molar-refractivity contribution in [1.82, 2.24) is 24.5 Å². The third-order valence-electron chi connectivity index (χ3n) is 2.50. The molecule has 0 spiro atoms. The standard InChI is InChI=1S/C10H12BrF2N5/c1-2-7(11)8-5-17(16-15-8)6-9-14-3-4-18(9)10(12)13/h3-5,7,10H,2,6H2,1H3. The highest BCUT2D eigenvalue weighted by Gasteiger charge is 2.14. The first-order chi connectivity index (χ1) is 8.61. The van der Waals surface area contributed by atoms with Crippen LogP contribution in [-0.4, -0.2) is 24.5 Å². The second-order valence-corrected chi connectivity index (χ2v) is 4.85. The van der Waals surface area contributed by atoms with E-state index in [1.165, 1.54) is 17.1 Å². The fourth-order valence-electron chi connectivity index (χ4n) is 1.53. The zero-order valence-electron chi connectivity index (χ0n) is 9.67. The van der Waals surface area contributed by atoms with Crippen LogP contribution < -0.4 is 0 Å². The summed E-state index contributed by atoms with van der Waals surface area (Å²) >= 11 is 3.46. The molecule has 0 N–H and O–H groups in total. The van der Waals surface area contributed by atoms with Crippen LogP contribution in [0.25, 0.3) is 0 Å². The maximum absolute atomic E-state index is 12.6. The Balaban J connectivity index is 2.14. The summed E-state index contributed by atoms with van der Waals surface area (Å²) in [6.45, 7) is -0.402. The molecule has 2 aromatic rings. The van der Waals surface area contributed by atoms with Crippen LogP contribution in [0, 0.1) is 0 Å². The zero-order valence-corrected chi connectivity index (χ0v) is 11.3. The number of alkyl halides is 3. The lowest BCUT2D eigenvalue weighted by Gasteiger charge is -2.05. The van der Waals surface area contributed by atoms with Gasteiger partial charge in [-0.25, -0.2) is 9.67 Å². The molecule has 98 valence electrons. The van der Waals surface area contributed by atoms with Crippen molar-refractivity contribution in [2.24, 2.45) is 0 Å². The fourth-order valence-corrected chi connectivity index (χ4v) is 1.74. The Morgan fingerprint density at radius 2 is 2.22 bits per heavy atom. The van der Waals surface area contributed by atoms with Gasteiger partial charge >= 0.3 is 6.55 Å². The highest BCUT2D eigenvalue weighted by atomic mass is 79.9. The van der Waals surface area contributed by atoms with Crippen molar-refractivity contribution < 1.29 is 8.78 Å². The molecule has 0 aliphatic carbocycles. The average molecular weight is 320 g/mol. The maximum atomic E-state index is 12.6. The highest BCUT2D eigenvalue weighted by molar-refractivity contribution is 9.09. The van der Waals surface area contributed by atoms with Crippen molar-refractivity contribution in [3.05, 3.63) is 30.1 Å². The van der Waals surface area contributed by atoms with Gasteiger partial charge in [-0.1, -0.05) is 28.1 Å². The molecule has 0 aliphatic heterocycles. The summed E-state index contributed by atoms with van der Waals surface area (Å²) in [7, 11) is 0. The van der Waals surface area contributed by atoms with E-state index >= 15 is 0 Å². The molecule has 0 saturated carbocycles. The number of aromatic nitrogens is 5. The lowest BCUT2D eigenvalue weighted by Crippen LogP contribution is -2.09. The summed E-state index contributed by atoms with van der Waals surface area (Å²) in [4.78, 5) is 4.02. The predicted molar refractivity (Wildman–Crippen MR) is 64.6 cm³/mol. The molecule has 1 unspecified atom stereocenters. The van der Waals surface area contributed by atoms with Gasteiger partial charge in [-0.15, -0.1) is 5.10 Å². The largest absolute Gasteiger partial charge is 0.319 e. The van der Waals surface area contributed by atoms with Crippen LogP contribution in [0.2, 0.25) is 0 Å². The molecule has 2 heterocycles. The van der Waals surface area contributed by atoms with Crippen molar-refractivity contribution in [1.29, 1.82) is 0 Å². The molecule has 2 rings (SSSR count). The molecule has 0 aliphatic rings. The van der Waals surface area contributed by atoms with Crippen LogP contribution in [-0.2, 0) is 6.54 Å². The summed E-state index contributed by atoms with van der Waals surface area (Å²) in [5.41, 5.74) is 0.785. The summed E-state index contributed by atoms with van der Waals surface area (Å²) in [5.74, 6) is 0.254. The first-order valence-corrected chi connectivity index (χ1v) is 6.37. The second kappa shape index (κ2) is 5.55. The molecule has 0 amide bonds. The molecule has 0 aromatic carbocycles. The van der Waals surface area contributed by atoms with Crippen molar-refractivity contribution in [3.63, 3.8) is 0 Å². The summed E-state index contributed by atoms with van der Waals surface area (Å²) in [6, 6.07) is 0. The lowest BCUT2D eigenvalue weighted by atomic mass is 10.3. The Kier molecular flexibility index (Phi) is 4.05. The number of rotatable bonds is 5. The number of imidazole rings is 1. The van der Waals surface area contributed by atoms with Crippen molar-refractivity contribution in [2.75, 3.05) is 0 Å². The van der Waals surface area contributed by atoms with Gasteiger partial charge in [0, 0.05) is 12.4 Å². The van der Waals surface area contributed by atoms with E-state index in [4.69, 9.17) is 0 Å². The van der Waals surface area contributed by atoms with E-state index in [9.17, 15) is 8.78 Å². The van der Waals surface area contributed by atoms with Gasteiger partial charge in [0.15, 0.2) is 0 Å². The van der Waals surface area contributed by atoms with E-state index in [0.717, 1.165) is 16.7 Å². The number of halogens is 3. The zero-order chi connectivity index (χ0) is 13.1. The van der Waals surface area contributed by atoms with Gasteiger partial charge in [0.1, 0.15) is 12.4 Å². The van der Waals surface area contributed by atoms with Crippen LogP contribution in [0.1, 0.15) is 36.2 Å². The molecule has 0 radical (unpaired) electrons. The molecule has 8 heteroatoms. The SMILES string of the molecule is CCC(Br)c1cn(Cc2nccn2C(F)F)nn1. The molecule has 2 aromatic heterocycles. The lowest BCUT2D eigenvalue weighted by molar-refractivity contribution is 0.0665. The van der Waals surface area contributed by atoms with Gasteiger partial charge in [-0.2, -0.15) is 8.78 Å². The highest BCUT2D eigenvalue weighted by Crippen LogP contribution is 2.23. The molecular formula is C10H12BrF2N5. The minimum atomic E-state index is -2.59. The smallest absolute Gasteiger partial charge is 0.276 e. The summed E-state index contributed by atoms with van der Waals surface area (Å²) < 4.78 is 27.6. The van der Waals surface area contributed by atoms with Gasteiger partial charge < -0.3 is 0 Å². The van der Waals surface area contributed by atoms with E-state index in [2.05, 4.69) is 31.2 Å². The van der Waals surface area contributed by atoms with Crippen LogP contribution in [0.4, 0.5) is 8.78 Å². The van der Waals surface area contributed by atoms with Crippen LogP contribution in [0.5, 0.6) is 0 Å². The number of hydrogen-bond acceptors (Lipinski definition) is 3. The van der Waals surface area contributed by atoms with Crippen LogP contribution in [0.3, 0.4) is 0 Å². The number of nitrogens with zero attached hydrogens (tertiary/aromatic N) is 5. The Labute approximate surface area is 111 Å². The quantitative estimate of drug-likeness (QED) is 0.796. The normalized spacial score (nSPS) is 13.2. The Hall–Kier alpha value is -1.31. The molecule has 5 nitrogen and oxygen atoms in total. The van der Waals surface area contributed by atoms with E-state index in [-0.39, 0.29) is 17.2 Å². The van der Waals surface area contributed by atoms with Crippen molar-refractivity contribution >= 4 is 15.9 Å². The molecular weight excluding hydrogens is 308 g/mol. The molecule has 0 saturated heterocycles. The summed E-state index contributed by atoms with van der Waals surface area (Å²) in [5, 5.41) is 7.88. The van der Waals surface area contributed by atoms with Crippen LogP contribution >= 0.6 is 15.9 Å². The minimum Gasteiger partial charge on any atom is -0.276 e. The third-order valence-corrected chi connectivity index (χ3v) is 3.61. The van der Waals surface area contributed by atoms with E-state index < -0.39 is 6.55 Å². The first kappa shape index (κ1) is 13.1. The molecule has 0 bridgehead atoms. The van der Waals surface area contributed by atoms with E-state index in [1.807, 2.05) is 6.92 Å². The Morgan fingerprint density at radius 3 is 2.89 bits per heavy atom. The van der Waals surface area contributed by atoms with Crippen molar-refractivity contribution in [3.8, 4) is 0 Å². The first-order valence-electron chi connectivity index (χ1n) is 5.45. The summed E-state index contributed by atoms with van der Waals surface area (Å²) in [6.07, 6.45) is 5.20. The molecule has 0 fully saturated rings. The second-order valence-electron chi connectivity index (χ2n) is 3.75. The minimum absolute atomic E-state index is 0.126. The molecule has 1 atom stereocenters. The Bertz CT molecular complexity index is 510. The van der Waals surface area contributed by atoms with Crippen molar-refractivity contribution in [2.45, 2.75) is 31.3 Å². The average Bonchev–Trinajstić information content (AvgIpc) is 2.97. The van der Waals surface area contributed by atoms with Gasteiger partial charge in [-0.3, -0.25) is 4.57 Å². The van der Waals surface area contributed by atoms with E-state index in [0.29, 0.717) is 0 Å². The van der Waals surface area contributed by atoms with Gasteiger partial charge in [0.05, 0.1) is 16.7 Å². The molecule has 18 heavy (non-hydrogen) atoms. The van der Waals surface area contributed by atoms with Gasteiger partial charge in [0.2, 0.25) is 0 Å². The van der Waals surface area contributed by atoms with Crippen LogP contribution in [0.15, 0.2) is 18.6 Å². The predicted octanol–water partition coefficient (Wildman–Crippen LogP) is 2.76. The topological polar surface area (TPSA) is 48.5 Å². The van der Waals surface area contributed by atoms with Gasteiger partial charge in [-0.05, 0) is 6.42 Å². The van der Waals surface area contributed by atoms with Gasteiger partial charge in [0.25, 0.3) is 0 Å². The Morgan fingerprint density at radius 1 is 1.44 bits per heavy atom. The number of hydrogen-bond donors (Lipinski definition) is 0. The maximum Gasteiger partial charge on any atom is 0.319 e. The fraction of sp³-hybridized carbons (Fsp3) is 0.500.